The summed E-state index contributed by atoms with van der Waals surface area (Å²) in [6, 6.07) is 11.3. The Morgan fingerprint density at radius 3 is 2.56 bits per heavy atom. The van der Waals surface area contributed by atoms with E-state index < -0.39 is 5.63 Å². The Labute approximate surface area is 106 Å². The highest BCUT2D eigenvalue weighted by atomic mass is 16.4. The van der Waals surface area contributed by atoms with Crippen molar-refractivity contribution in [3.63, 3.8) is 0 Å². The minimum absolute atomic E-state index is 0.0223. The molecule has 0 radical (unpaired) electrons. The first kappa shape index (κ1) is 12.4. The quantitative estimate of drug-likeness (QED) is 0.899. The molecule has 1 aromatic heterocycles. The standard InChI is InChI=1S/C15H16O3/c1-2-12(10-11-6-4-3-5-7-11)14-13(16)8-9-18-15(14)17/h3-9,12,16H,2,10H2,1H3/t12-/m1/s1. The molecule has 0 saturated carbocycles. The van der Waals surface area contributed by atoms with Crippen molar-refractivity contribution in [3.05, 3.63) is 64.2 Å². The van der Waals surface area contributed by atoms with Crippen LogP contribution in [0.25, 0.3) is 0 Å². The average molecular weight is 244 g/mol. The second-order valence-corrected chi connectivity index (χ2v) is 4.30. The molecule has 1 aromatic carbocycles. The third-order valence-electron chi connectivity index (χ3n) is 3.12. The van der Waals surface area contributed by atoms with Gasteiger partial charge in [0.15, 0.2) is 0 Å². The van der Waals surface area contributed by atoms with Gasteiger partial charge in [0.25, 0.3) is 0 Å². The summed E-state index contributed by atoms with van der Waals surface area (Å²) >= 11 is 0. The molecule has 1 N–H and O–H groups in total. The fourth-order valence-corrected chi connectivity index (χ4v) is 2.14. The summed E-state index contributed by atoms with van der Waals surface area (Å²) in [5.74, 6) is -0.00104. The van der Waals surface area contributed by atoms with E-state index in [4.69, 9.17) is 4.42 Å². The molecule has 3 heteroatoms. The highest BCUT2D eigenvalue weighted by molar-refractivity contribution is 5.32. The van der Waals surface area contributed by atoms with E-state index in [0.29, 0.717) is 5.56 Å². The van der Waals surface area contributed by atoms with Gasteiger partial charge in [-0.25, -0.2) is 4.79 Å². The molecule has 0 aliphatic carbocycles. The van der Waals surface area contributed by atoms with Crippen LogP contribution in [0.15, 0.2) is 51.9 Å². The zero-order valence-corrected chi connectivity index (χ0v) is 10.3. The zero-order chi connectivity index (χ0) is 13.0. The van der Waals surface area contributed by atoms with Crippen molar-refractivity contribution in [3.8, 4) is 5.75 Å². The van der Waals surface area contributed by atoms with E-state index in [9.17, 15) is 9.90 Å². The fourth-order valence-electron chi connectivity index (χ4n) is 2.14. The molecule has 18 heavy (non-hydrogen) atoms. The molecule has 3 nitrogen and oxygen atoms in total. The lowest BCUT2D eigenvalue weighted by Gasteiger charge is -2.14. The minimum atomic E-state index is -0.446. The molecule has 0 bridgehead atoms. The summed E-state index contributed by atoms with van der Waals surface area (Å²) < 4.78 is 4.84. The first-order valence-corrected chi connectivity index (χ1v) is 6.07. The lowest BCUT2D eigenvalue weighted by atomic mass is 9.90. The van der Waals surface area contributed by atoms with Crippen LogP contribution in [-0.4, -0.2) is 5.11 Å². The van der Waals surface area contributed by atoms with Crippen molar-refractivity contribution in [2.24, 2.45) is 0 Å². The van der Waals surface area contributed by atoms with Crippen molar-refractivity contribution in [2.75, 3.05) is 0 Å². The second-order valence-electron chi connectivity index (χ2n) is 4.30. The Morgan fingerprint density at radius 2 is 1.94 bits per heavy atom. The van der Waals surface area contributed by atoms with Crippen LogP contribution >= 0.6 is 0 Å². The number of benzene rings is 1. The van der Waals surface area contributed by atoms with E-state index in [1.807, 2.05) is 37.3 Å². The number of aromatic hydroxyl groups is 1. The predicted octanol–water partition coefficient (Wildman–Crippen LogP) is 3.08. The number of hydrogen-bond donors (Lipinski definition) is 1. The van der Waals surface area contributed by atoms with E-state index in [0.717, 1.165) is 18.4 Å². The molecule has 0 unspecified atom stereocenters. The van der Waals surface area contributed by atoms with Gasteiger partial charge in [-0.3, -0.25) is 0 Å². The van der Waals surface area contributed by atoms with Crippen molar-refractivity contribution in [2.45, 2.75) is 25.7 Å². The van der Waals surface area contributed by atoms with Gasteiger partial charge in [-0.2, -0.15) is 0 Å². The molecule has 0 aliphatic rings. The van der Waals surface area contributed by atoms with Gasteiger partial charge in [0.05, 0.1) is 11.8 Å². The van der Waals surface area contributed by atoms with Crippen molar-refractivity contribution in [1.29, 1.82) is 0 Å². The summed E-state index contributed by atoms with van der Waals surface area (Å²) in [4.78, 5) is 11.7. The highest BCUT2D eigenvalue weighted by Gasteiger charge is 2.19. The third kappa shape index (κ3) is 2.62. The molecular weight excluding hydrogens is 228 g/mol. The van der Waals surface area contributed by atoms with Crippen LogP contribution < -0.4 is 5.63 Å². The SMILES string of the molecule is CC[C@H](Cc1ccccc1)c1c(O)ccoc1=O. The molecule has 94 valence electrons. The largest absolute Gasteiger partial charge is 0.507 e. The Kier molecular flexibility index (Phi) is 3.82. The maximum Gasteiger partial charge on any atom is 0.342 e. The van der Waals surface area contributed by atoms with Crippen LogP contribution in [0.1, 0.15) is 30.4 Å². The average Bonchev–Trinajstić information content (AvgIpc) is 2.38. The topological polar surface area (TPSA) is 50.4 Å². The molecule has 0 spiro atoms. The van der Waals surface area contributed by atoms with Crippen LogP contribution in [0.5, 0.6) is 5.75 Å². The van der Waals surface area contributed by atoms with Crippen LogP contribution in [0, 0.1) is 0 Å². The number of hydrogen-bond acceptors (Lipinski definition) is 3. The molecule has 0 aliphatic heterocycles. The Bertz CT molecular complexity index is 557. The molecule has 1 heterocycles. The lowest BCUT2D eigenvalue weighted by molar-refractivity contribution is 0.421. The van der Waals surface area contributed by atoms with Gasteiger partial charge in [-0.1, -0.05) is 37.3 Å². The van der Waals surface area contributed by atoms with Gasteiger partial charge in [-0.15, -0.1) is 0 Å². The van der Waals surface area contributed by atoms with Crippen molar-refractivity contribution < 1.29 is 9.52 Å². The smallest absolute Gasteiger partial charge is 0.342 e. The van der Waals surface area contributed by atoms with Crippen LogP contribution in [-0.2, 0) is 6.42 Å². The van der Waals surface area contributed by atoms with Gasteiger partial charge >= 0.3 is 5.63 Å². The van der Waals surface area contributed by atoms with E-state index in [-0.39, 0.29) is 11.7 Å². The minimum Gasteiger partial charge on any atom is -0.507 e. The van der Waals surface area contributed by atoms with E-state index in [1.54, 1.807) is 0 Å². The summed E-state index contributed by atoms with van der Waals surface area (Å²) in [6.07, 6.45) is 2.72. The molecule has 0 fully saturated rings. The maximum atomic E-state index is 11.7. The second kappa shape index (κ2) is 5.54. The molecule has 2 rings (SSSR count). The van der Waals surface area contributed by atoms with Crippen LogP contribution in [0.3, 0.4) is 0 Å². The summed E-state index contributed by atoms with van der Waals surface area (Å²) in [5, 5.41) is 9.81. The van der Waals surface area contributed by atoms with Crippen LogP contribution in [0.4, 0.5) is 0 Å². The number of rotatable bonds is 4. The van der Waals surface area contributed by atoms with Gasteiger partial charge in [0, 0.05) is 6.07 Å². The molecular formula is C15H16O3. The van der Waals surface area contributed by atoms with E-state index >= 15 is 0 Å². The first-order chi connectivity index (χ1) is 8.72. The van der Waals surface area contributed by atoms with E-state index in [2.05, 4.69) is 0 Å². The third-order valence-corrected chi connectivity index (χ3v) is 3.12. The summed E-state index contributed by atoms with van der Waals surface area (Å²) in [7, 11) is 0. The Hall–Kier alpha value is -2.03. The van der Waals surface area contributed by atoms with Gasteiger partial charge in [0.1, 0.15) is 5.75 Å². The summed E-state index contributed by atoms with van der Waals surface area (Å²) in [5.41, 5.74) is 1.08. The van der Waals surface area contributed by atoms with Gasteiger partial charge in [-0.05, 0) is 24.3 Å². The molecule has 2 aromatic rings. The Morgan fingerprint density at radius 1 is 1.22 bits per heavy atom. The molecule has 0 amide bonds. The zero-order valence-electron chi connectivity index (χ0n) is 10.3. The monoisotopic (exact) mass is 244 g/mol. The normalized spacial score (nSPS) is 12.3. The van der Waals surface area contributed by atoms with Gasteiger partial charge in [0.2, 0.25) is 0 Å². The highest BCUT2D eigenvalue weighted by Crippen LogP contribution is 2.27. The fraction of sp³-hybridized carbons (Fsp3) is 0.267. The van der Waals surface area contributed by atoms with Gasteiger partial charge < -0.3 is 9.52 Å². The lowest BCUT2D eigenvalue weighted by Crippen LogP contribution is -2.14. The summed E-state index contributed by atoms with van der Waals surface area (Å²) in [6.45, 7) is 2.00. The van der Waals surface area contributed by atoms with Crippen molar-refractivity contribution in [1.82, 2.24) is 0 Å². The van der Waals surface area contributed by atoms with E-state index in [1.165, 1.54) is 12.3 Å². The maximum absolute atomic E-state index is 11.7. The Balaban J connectivity index is 2.32. The first-order valence-electron chi connectivity index (χ1n) is 6.07. The van der Waals surface area contributed by atoms with Crippen molar-refractivity contribution >= 4 is 0 Å². The van der Waals surface area contributed by atoms with Crippen LogP contribution in [0.2, 0.25) is 0 Å². The predicted molar refractivity (Wildman–Crippen MR) is 69.8 cm³/mol. The molecule has 1 atom stereocenters. The molecule has 0 saturated heterocycles.